The predicted molar refractivity (Wildman–Crippen MR) is 67.2 cm³/mol. The number of carbonyl (C=O) groups excluding carboxylic acids is 1. The lowest BCUT2D eigenvalue weighted by Gasteiger charge is -2.10. The summed E-state index contributed by atoms with van der Waals surface area (Å²) in [4.78, 5) is 15.6. The molecule has 0 saturated carbocycles. The number of alkyl carbamates (subject to hydrolysis) is 1. The summed E-state index contributed by atoms with van der Waals surface area (Å²) in [6.07, 6.45) is -0.521. The van der Waals surface area contributed by atoms with Gasteiger partial charge in [-0.2, -0.15) is 4.98 Å². The molecule has 1 unspecified atom stereocenters. The summed E-state index contributed by atoms with van der Waals surface area (Å²) in [6, 6.07) is 9.07. The summed E-state index contributed by atoms with van der Waals surface area (Å²) >= 11 is 0. The molecule has 1 heterocycles. The van der Waals surface area contributed by atoms with Crippen LogP contribution in [0.3, 0.4) is 0 Å². The maximum absolute atomic E-state index is 11.6. The Bertz CT molecular complexity index is 539. The SMILES string of the molecule is Cc1noc(C(C)NC(=O)OCc2ccccc2)n1. The zero-order valence-corrected chi connectivity index (χ0v) is 10.8. The fourth-order valence-electron chi connectivity index (χ4n) is 1.49. The maximum Gasteiger partial charge on any atom is 0.408 e. The fraction of sp³-hybridized carbons (Fsp3) is 0.308. The number of rotatable bonds is 4. The summed E-state index contributed by atoms with van der Waals surface area (Å²) in [7, 11) is 0. The van der Waals surface area contributed by atoms with Crippen molar-refractivity contribution in [3.8, 4) is 0 Å². The number of nitrogens with zero attached hydrogens (tertiary/aromatic N) is 2. The van der Waals surface area contributed by atoms with Crippen molar-refractivity contribution < 1.29 is 14.1 Å². The Labute approximate surface area is 110 Å². The van der Waals surface area contributed by atoms with Gasteiger partial charge >= 0.3 is 6.09 Å². The highest BCUT2D eigenvalue weighted by Crippen LogP contribution is 2.09. The standard InChI is InChI=1S/C13H15N3O3/c1-9(12-15-10(2)16-19-12)14-13(17)18-8-11-6-4-3-5-7-11/h3-7,9H,8H2,1-2H3,(H,14,17). The summed E-state index contributed by atoms with van der Waals surface area (Å²) in [5.41, 5.74) is 0.930. The van der Waals surface area contributed by atoms with E-state index in [0.717, 1.165) is 5.56 Å². The molecule has 2 rings (SSSR count). The van der Waals surface area contributed by atoms with Crippen molar-refractivity contribution in [1.82, 2.24) is 15.5 Å². The molecule has 6 heteroatoms. The highest BCUT2D eigenvalue weighted by Gasteiger charge is 2.16. The number of aryl methyl sites for hydroxylation is 1. The Morgan fingerprint density at radius 2 is 2.16 bits per heavy atom. The van der Waals surface area contributed by atoms with Gasteiger partial charge in [-0.05, 0) is 19.4 Å². The van der Waals surface area contributed by atoms with Crippen LogP contribution in [0.25, 0.3) is 0 Å². The van der Waals surface area contributed by atoms with E-state index in [1.165, 1.54) is 0 Å². The molecule has 2 aromatic rings. The van der Waals surface area contributed by atoms with E-state index < -0.39 is 6.09 Å². The van der Waals surface area contributed by atoms with Crippen LogP contribution in [0.2, 0.25) is 0 Å². The molecular weight excluding hydrogens is 246 g/mol. The molecule has 0 fully saturated rings. The number of nitrogens with one attached hydrogen (secondary N) is 1. The van der Waals surface area contributed by atoms with Crippen molar-refractivity contribution in [3.05, 3.63) is 47.6 Å². The van der Waals surface area contributed by atoms with Gasteiger partial charge in [0.2, 0.25) is 5.89 Å². The van der Waals surface area contributed by atoms with E-state index >= 15 is 0 Å². The first-order valence-electron chi connectivity index (χ1n) is 5.92. The van der Waals surface area contributed by atoms with E-state index in [4.69, 9.17) is 9.26 Å². The first-order chi connectivity index (χ1) is 9.15. The third-order valence-electron chi connectivity index (χ3n) is 2.46. The van der Waals surface area contributed by atoms with Crippen molar-refractivity contribution in [2.75, 3.05) is 0 Å². The molecule has 0 saturated heterocycles. The molecule has 6 nitrogen and oxygen atoms in total. The van der Waals surface area contributed by atoms with Crippen molar-refractivity contribution in [2.45, 2.75) is 26.5 Å². The van der Waals surface area contributed by atoms with Gasteiger partial charge in [0.25, 0.3) is 0 Å². The molecule has 19 heavy (non-hydrogen) atoms. The number of hydrogen-bond acceptors (Lipinski definition) is 5. The molecule has 0 radical (unpaired) electrons. The molecule has 0 aliphatic carbocycles. The average molecular weight is 261 g/mol. The van der Waals surface area contributed by atoms with Gasteiger partial charge in [-0.3, -0.25) is 0 Å². The van der Waals surface area contributed by atoms with E-state index in [0.29, 0.717) is 11.7 Å². The van der Waals surface area contributed by atoms with Crippen LogP contribution in [0.4, 0.5) is 4.79 Å². The topological polar surface area (TPSA) is 77.2 Å². The molecule has 1 atom stereocenters. The van der Waals surface area contributed by atoms with Gasteiger partial charge in [0.1, 0.15) is 12.6 Å². The lowest BCUT2D eigenvalue weighted by molar-refractivity contribution is 0.134. The van der Waals surface area contributed by atoms with Gasteiger partial charge in [-0.25, -0.2) is 4.79 Å². The minimum absolute atomic E-state index is 0.224. The second-order valence-corrected chi connectivity index (χ2v) is 4.11. The highest BCUT2D eigenvalue weighted by molar-refractivity contribution is 5.67. The zero-order chi connectivity index (χ0) is 13.7. The largest absolute Gasteiger partial charge is 0.445 e. The highest BCUT2D eigenvalue weighted by atomic mass is 16.5. The van der Waals surface area contributed by atoms with Crippen LogP contribution in [-0.2, 0) is 11.3 Å². The molecule has 0 aliphatic heterocycles. The molecule has 1 N–H and O–H groups in total. The van der Waals surface area contributed by atoms with Gasteiger partial charge in [0.05, 0.1) is 0 Å². The summed E-state index contributed by atoms with van der Waals surface area (Å²) in [6.45, 7) is 3.69. The molecule has 0 spiro atoms. The van der Waals surface area contributed by atoms with Gasteiger partial charge < -0.3 is 14.6 Å². The van der Waals surface area contributed by atoms with Gasteiger partial charge in [0.15, 0.2) is 5.82 Å². The van der Waals surface area contributed by atoms with E-state index in [9.17, 15) is 4.79 Å². The number of benzene rings is 1. The molecule has 1 aromatic carbocycles. The average Bonchev–Trinajstić information content (AvgIpc) is 2.84. The monoisotopic (exact) mass is 261 g/mol. The molecular formula is C13H15N3O3. The van der Waals surface area contributed by atoms with E-state index in [1.807, 2.05) is 30.3 Å². The van der Waals surface area contributed by atoms with E-state index in [2.05, 4.69) is 15.5 Å². The Balaban J connectivity index is 1.81. The quantitative estimate of drug-likeness (QED) is 0.914. The Hall–Kier alpha value is -2.37. The van der Waals surface area contributed by atoms with E-state index in [1.54, 1.807) is 13.8 Å². The van der Waals surface area contributed by atoms with Gasteiger partial charge in [-0.15, -0.1) is 0 Å². The van der Waals surface area contributed by atoms with Crippen LogP contribution in [0.15, 0.2) is 34.9 Å². The van der Waals surface area contributed by atoms with Crippen molar-refractivity contribution >= 4 is 6.09 Å². The lowest BCUT2D eigenvalue weighted by Crippen LogP contribution is -2.27. The minimum atomic E-state index is -0.521. The normalized spacial score (nSPS) is 11.9. The Morgan fingerprint density at radius 1 is 1.42 bits per heavy atom. The number of amides is 1. The first-order valence-corrected chi connectivity index (χ1v) is 5.92. The Morgan fingerprint density at radius 3 is 2.79 bits per heavy atom. The molecule has 1 aromatic heterocycles. The molecule has 1 amide bonds. The smallest absolute Gasteiger partial charge is 0.408 e. The van der Waals surface area contributed by atoms with Crippen LogP contribution in [0.1, 0.15) is 30.2 Å². The van der Waals surface area contributed by atoms with Crippen LogP contribution < -0.4 is 5.32 Å². The van der Waals surface area contributed by atoms with Gasteiger partial charge in [-0.1, -0.05) is 35.5 Å². The van der Waals surface area contributed by atoms with Crippen LogP contribution >= 0.6 is 0 Å². The maximum atomic E-state index is 11.6. The number of carbonyl (C=O) groups is 1. The summed E-state index contributed by atoms with van der Waals surface area (Å²) in [5.74, 6) is 0.885. The van der Waals surface area contributed by atoms with Crippen LogP contribution in [0.5, 0.6) is 0 Å². The fourth-order valence-corrected chi connectivity index (χ4v) is 1.49. The van der Waals surface area contributed by atoms with E-state index in [-0.39, 0.29) is 12.6 Å². The third kappa shape index (κ3) is 3.80. The number of ether oxygens (including phenoxy) is 1. The summed E-state index contributed by atoms with van der Waals surface area (Å²) in [5, 5.41) is 6.28. The molecule has 100 valence electrons. The molecule has 0 aliphatic rings. The van der Waals surface area contributed by atoms with Crippen molar-refractivity contribution in [2.24, 2.45) is 0 Å². The predicted octanol–water partition coefficient (Wildman–Crippen LogP) is 2.37. The van der Waals surface area contributed by atoms with Crippen LogP contribution in [0, 0.1) is 6.92 Å². The lowest BCUT2D eigenvalue weighted by atomic mass is 10.2. The van der Waals surface area contributed by atoms with Gasteiger partial charge in [0, 0.05) is 0 Å². The van der Waals surface area contributed by atoms with Crippen molar-refractivity contribution in [3.63, 3.8) is 0 Å². The van der Waals surface area contributed by atoms with Crippen molar-refractivity contribution in [1.29, 1.82) is 0 Å². The second kappa shape index (κ2) is 5.99. The minimum Gasteiger partial charge on any atom is -0.445 e. The Kier molecular flexibility index (Phi) is 4.12. The number of aromatic nitrogens is 2. The first kappa shape index (κ1) is 13.1. The molecule has 0 bridgehead atoms. The summed E-state index contributed by atoms with van der Waals surface area (Å²) < 4.78 is 10.0. The third-order valence-corrected chi connectivity index (χ3v) is 2.46. The second-order valence-electron chi connectivity index (χ2n) is 4.11. The zero-order valence-electron chi connectivity index (χ0n) is 10.8. The number of hydrogen-bond donors (Lipinski definition) is 1. The van der Waals surface area contributed by atoms with Crippen LogP contribution in [-0.4, -0.2) is 16.2 Å².